The van der Waals surface area contributed by atoms with Gasteiger partial charge in [-0.05, 0) is 24.6 Å². The van der Waals surface area contributed by atoms with E-state index in [1.807, 2.05) is 11.0 Å². The summed E-state index contributed by atoms with van der Waals surface area (Å²) in [6.45, 7) is 2.90. The fourth-order valence-electron chi connectivity index (χ4n) is 1.21. The maximum absolute atomic E-state index is 5.94. The number of anilines is 1. The highest BCUT2D eigenvalue weighted by molar-refractivity contribution is 8.11. The van der Waals surface area contributed by atoms with Crippen LogP contribution in [0.25, 0.3) is 0 Å². The predicted octanol–water partition coefficient (Wildman–Crippen LogP) is 4.42. The van der Waals surface area contributed by atoms with Gasteiger partial charge in [0.15, 0.2) is 0 Å². The zero-order valence-corrected chi connectivity index (χ0v) is 11.4. The Morgan fingerprint density at radius 2 is 2.07 bits per heavy atom. The van der Waals surface area contributed by atoms with E-state index in [2.05, 4.69) is 19.6 Å². The van der Waals surface area contributed by atoms with Crippen LogP contribution in [0.3, 0.4) is 0 Å². The molecule has 0 atom stereocenters. The van der Waals surface area contributed by atoms with Crippen molar-refractivity contribution in [1.82, 2.24) is 0 Å². The molecule has 0 heterocycles. The number of nitrogens with zero attached hydrogens (tertiary/aromatic N) is 1. The van der Waals surface area contributed by atoms with E-state index in [1.165, 1.54) is 0 Å². The second-order valence-electron chi connectivity index (χ2n) is 3.03. The van der Waals surface area contributed by atoms with Crippen LogP contribution in [-0.2, 0) is 0 Å². The molecule has 0 aliphatic heterocycles. The van der Waals surface area contributed by atoms with E-state index in [0.717, 1.165) is 18.7 Å². The van der Waals surface area contributed by atoms with Crippen molar-refractivity contribution in [3.63, 3.8) is 0 Å². The molecule has 0 N–H and O–H groups in total. The lowest BCUT2D eigenvalue weighted by Gasteiger charge is -2.22. The lowest BCUT2D eigenvalue weighted by molar-refractivity contribution is 0.914. The minimum Gasteiger partial charge on any atom is -0.327 e. The summed E-state index contributed by atoms with van der Waals surface area (Å²) >= 11 is 21.0. The Morgan fingerprint density at radius 3 is 2.53 bits per heavy atom. The first-order chi connectivity index (χ1) is 7.06. The molecule has 0 radical (unpaired) electrons. The molecular weight excluding hydrogens is 269 g/mol. The number of hydrogen-bond acceptors (Lipinski definition) is 1. The molecule has 0 aliphatic rings. The van der Waals surface area contributed by atoms with E-state index >= 15 is 0 Å². The zero-order valence-electron chi connectivity index (χ0n) is 8.20. The molecule has 82 valence electrons. The summed E-state index contributed by atoms with van der Waals surface area (Å²) in [6.07, 6.45) is 0.987. The van der Waals surface area contributed by atoms with Gasteiger partial charge in [0.25, 0.3) is 0 Å². The molecule has 0 aromatic heterocycles. The molecule has 1 aromatic carbocycles. The van der Waals surface area contributed by atoms with Gasteiger partial charge in [-0.3, -0.25) is 0 Å². The number of rotatable bonds is 3. The number of hydrogen-bond donors (Lipinski definition) is 1. The summed E-state index contributed by atoms with van der Waals surface area (Å²) in [5, 5.41) is 1.07. The SMILES string of the molecule is CCCN(C(=S)S)c1ccc(Cl)c(Cl)c1. The molecule has 0 saturated carbocycles. The molecule has 0 aliphatic carbocycles. The average molecular weight is 280 g/mol. The Balaban J connectivity index is 3.01. The molecule has 0 amide bonds. The summed E-state index contributed by atoms with van der Waals surface area (Å²) in [7, 11) is 0. The van der Waals surface area contributed by atoms with E-state index in [-0.39, 0.29) is 0 Å². The van der Waals surface area contributed by atoms with Gasteiger partial charge in [-0.2, -0.15) is 0 Å². The maximum atomic E-state index is 5.94. The van der Waals surface area contributed by atoms with E-state index < -0.39 is 0 Å². The van der Waals surface area contributed by atoms with Crippen molar-refractivity contribution in [2.75, 3.05) is 11.4 Å². The van der Waals surface area contributed by atoms with Crippen LogP contribution in [0.4, 0.5) is 5.69 Å². The summed E-state index contributed by atoms with van der Waals surface area (Å²) in [4.78, 5) is 1.92. The molecule has 1 rings (SSSR count). The number of benzene rings is 1. The normalized spacial score (nSPS) is 10.1. The Morgan fingerprint density at radius 1 is 1.40 bits per heavy atom. The third kappa shape index (κ3) is 3.52. The summed E-state index contributed by atoms with van der Waals surface area (Å²) in [5.41, 5.74) is 0.922. The highest BCUT2D eigenvalue weighted by Crippen LogP contribution is 2.27. The van der Waals surface area contributed by atoms with Gasteiger partial charge in [-0.25, -0.2) is 0 Å². The topological polar surface area (TPSA) is 3.24 Å². The molecule has 0 unspecified atom stereocenters. The van der Waals surface area contributed by atoms with E-state index in [1.54, 1.807) is 12.1 Å². The zero-order chi connectivity index (χ0) is 11.4. The van der Waals surface area contributed by atoms with E-state index in [9.17, 15) is 0 Å². The summed E-state index contributed by atoms with van der Waals surface area (Å²) in [5.74, 6) is 0. The lowest BCUT2D eigenvalue weighted by atomic mass is 10.3. The van der Waals surface area contributed by atoms with Gasteiger partial charge in [-0.1, -0.05) is 42.3 Å². The first-order valence-electron chi connectivity index (χ1n) is 4.51. The van der Waals surface area contributed by atoms with Gasteiger partial charge >= 0.3 is 0 Å². The summed E-state index contributed by atoms with van der Waals surface area (Å²) < 4.78 is 0.537. The highest BCUT2D eigenvalue weighted by atomic mass is 35.5. The number of halogens is 2. The second kappa shape index (κ2) is 5.94. The van der Waals surface area contributed by atoms with Crippen molar-refractivity contribution in [1.29, 1.82) is 0 Å². The monoisotopic (exact) mass is 279 g/mol. The molecule has 1 aromatic rings. The Labute approximate surface area is 111 Å². The lowest BCUT2D eigenvalue weighted by Crippen LogP contribution is -2.26. The van der Waals surface area contributed by atoms with Crippen molar-refractivity contribution < 1.29 is 0 Å². The smallest absolute Gasteiger partial charge is 0.137 e. The van der Waals surface area contributed by atoms with Crippen molar-refractivity contribution in [3.05, 3.63) is 28.2 Å². The van der Waals surface area contributed by atoms with Crippen LogP contribution in [0.1, 0.15) is 13.3 Å². The largest absolute Gasteiger partial charge is 0.327 e. The Bertz CT molecular complexity index is 368. The molecule has 0 spiro atoms. The van der Waals surface area contributed by atoms with Crippen molar-refractivity contribution in [2.45, 2.75) is 13.3 Å². The van der Waals surface area contributed by atoms with Gasteiger partial charge < -0.3 is 4.90 Å². The second-order valence-corrected chi connectivity index (χ2v) is 4.96. The summed E-state index contributed by atoms with van der Waals surface area (Å²) in [6, 6.07) is 5.43. The third-order valence-electron chi connectivity index (χ3n) is 1.89. The quantitative estimate of drug-likeness (QED) is 0.644. The van der Waals surface area contributed by atoms with Gasteiger partial charge in [0, 0.05) is 12.2 Å². The fourth-order valence-corrected chi connectivity index (χ4v) is 1.92. The standard InChI is InChI=1S/C10H11Cl2NS2/c1-2-5-13(10(14)15)7-3-4-8(11)9(12)6-7/h3-4,6H,2,5H2,1H3,(H,14,15). The van der Waals surface area contributed by atoms with Crippen molar-refractivity contribution >= 4 is 58.1 Å². The molecule has 0 saturated heterocycles. The van der Waals surface area contributed by atoms with Crippen LogP contribution >= 0.6 is 48.0 Å². The molecule has 0 fully saturated rings. The van der Waals surface area contributed by atoms with Gasteiger partial charge in [0.1, 0.15) is 4.32 Å². The average Bonchev–Trinajstić information content (AvgIpc) is 2.18. The molecule has 0 bridgehead atoms. The number of thiocarbonyl (C=S) groups is 1. The molecule has 1 nitrogen and oxygen atoms in total. The van der Waals surface area contributed by atoms with Crippen LogP contribution in [0.15, 0.2) is 18.2 Å². The first kappa shape index (κ1) is 13.1. The van der Waals surface area contributed by atoms with Crippen LogP contribution < -0.4 is 4.90 Å². The first-order valence-corrected chi connectivity index (χ1v) is 6.13. The fraction of sp³-hybridized carbons (Fsp3) is 0.300. The molecular formula is C10H11Cl2NS2. The van der Waals surface area contributed by atoms with Crippen molar-refractivity contribution in [2.24, 2.45) is 0 Å². The minimum atomic E-state index is 0.528. The predicted molar refractivity (Wildman–Crippen MR) is 75.7 cm³/mol. The minimum absolute atomic E-state index is 0.528. The van der Waals surface area contributed by atoms with Crippen molar-refractivity contribution in [3.8, 4) is 0 Å². The van der Waals surface area contributed by atoms with E-state index in [0.29, 0.717) is 14.4 Å². The van der Waals surface area contributed by atoms with Crippen LogP contribution in [0.5, 0.6) is 0 Å². The van der Waals surface area contributed by atoms with Crippen LogP contribution in [0, 0.1) is 0 Å². The molecule has 15 heavy (non-hydrogen) atoms. The number of thiol groups is 1. The van der Waals surface area contributed by atoms with Crippen LogP contribution in [-0.4, -0.2) is 10.9 Å². The Hall–Kier alpha value is 0.0400. The van der Waals surface area contributed by atoms with Gasteiger partial charge in [0.2, 0.25) is 0 Å². The van der Waals surface area contributed by atoms with Crippen LogP contribution in [0.2, 0.25) is 10.0 Å². The molecule has 5 heteroatoms. The van der Waals surface area contributed by atoms with Gasteiger partial charge in [-0.15, -0.1) is 12.6 Å². The Kier molecular flexibility index (Phi) is 5.19. The third-order valence-corrected chi connectivity index (χ3v) is 3.09. The van der Waals surface area contributed by atoms with Gasteiger partial charge in [0.05, 0.1) is 10.0 Å². The van der Waals surface area contributed by atoms with E-state index in [4.69, 9.17) is 35.4 Å². The highest BCUT2D eigenvalue weighted by Gasteiger charge is 2.09. The maximum Gasteiger partial charge on any atom is 0.137 e.